The van der Waals surface area contributed by atoms with Crippen molar-refractivity contribution in [2.45, 2.75) is 59.6 Å². The van der Waals surface area contributed by atoms with Crippen LogP contribution >= 0.6 is 0 Å². The number of unbranched alkanes of at least 4 members (excludes halogenated alkanes) is 1. The molecule has 0 aliphatic carbocycles. The minimum Gasteiger partial charge on any atom is -0.363 e. The van der Waals surface area contributed by atoms with Gasteiger partial charge in [-0.15, -0.1) is 0 Å². The van der Waals surface area contributed by atoms with Gasteiger partial charge in [0.15, 0.2) is 0 Å². The lowest BCUT2D eigenvalue weighted by molar-refractivity contribution is -0.0610. The van der Waals surface area contributed by atoms with Crippen LogP contribution in [0.15, 0.2) is 0 Å². The second-order valence-corrected chi connectivity index (χ2v) is 3.69. The van der Waals surface area contributed by atoms with Gasteiger partial charge in [-0.1, -0.05) is 40.5 Å². The lowest BCUT2D eigenvalue weighted by Crippen LogP contribution is -2.37. The van der Waals surface area contributed by atoms with Crippen molar-refractivity contribution < 1.29 is 4.74 Å². The van der Waals surface area contributed by atoms with E-state index in [-0.39, 0.29) is 0 Å². The Morgan fingerprint density at radius 1 is 1.00 bits per heavy atom. The van der Waals surface area contributed by atoms with Crippen molar-refractivity contribution in [3.8, 4) is 0 Å². The van der Waals surface area contributed by atoms with E-state index in [4.69, 9.17) is 4.74 Å². The monoisotopic (exact) mass is 201 g/mol. The maximum Gasteiger partial charge on any atom is 0.110 e. The molecule has 0 saturated heterocycles. The van der Waals surface area contributed by atoms with Crippen molar-refractivity contribution >= 4 is 0 Å². The zero-order valence-electron chi connectivity index (χ0n) is 10.4. The van der Waals surface area contributed by atoms with Crippen LogP contribution in [0.3, 0.4) is 0 Å². The number of hydrogen-bond acceptors (Lipinski definition) is 2. The molecule has 0 N–H and O–H groups in total. The maximum atomic E-state index is 5.89. The van der Waals surface area contributed by atoms with Gasteiger partial charge in [-0.3, -0.25) is 4.90 Å². The number of nitrogens with zero attached hydrogens (tertiary/aromatic N) is 1. The number of rotatable bonds is 9. The predicted octanol–water partition coefficient (Wildman–Crippen LogP) is 3.27. The SMILES string of the molecule is CCCCOC(CCC)N(CC)CC. The molecule has 0 aliphatic heterocycles. The van der Waals surface area contributed by atoms with E-state index in [0.29, 0.717) is 6.23 Å². The average Bonchev–Trinajstić information content (AvgIpc) is 2.20. The van der Waals surface area contributed by atoms with Gasteiger partial charge < -0.3 is 4.74 Å². The summed E-state index contributed by atoms with van der Waals surface area (Å²) in [4.78, 5) is 2.40. The molecule has 2 nitrogen and oxygen atoms in total. The average molecular weight is 201 g/mol. The summed E-state index contributed by atoms with van der Waals surface area (Å²) >= 11 is 0. The summed E-state index contributed by atoms with van der Waals surface area (Å²) in [6.45, 7) is 11.9. The van der Waals surface area contributed by atoms with Gasteiger partial charge in [0.05, 0.1) is 0 Å². The Bertz CT molecular complexity index is 113. The predicted molar refractivity (Wildman–Crippen MR) is 62.5 cm³/mol. The van der Waals surface area contributed by atoms with Gasteiger partial charge in [0.2, 0.25) is 0 Å². The molecule has 0 aliphatic rings. The lowest BCUT2D eigenvalue weighted by Gasteiger charge is -2.29. The Kier molecular flexibility index (Phi) is 9.42. The third-order valence-corrected chi connectivity index (χ3v) is 2.56. The normalized spacial score (nSPS) is 13.5. The van der Waals surface area contributed by atoms with Gasteiger partial charge in [-0.2, -0.15) is 0 Å². The van der Waals surface area contributed by atoms with Gasteiger partial charge in [-0.25, -0.2) is 0 Å². The Labute approximate surface area is 89.6 Å². The fourth-order valence-electron chi connectivity index (χ4n) is 1.61. The molecule has 0 aromatic heterocycles. The van der Waals surface area contributed by atoms with Gasteiger partial charge >= 0.3 is 0 Å². The summed E-state index contributed by atoms with van der Waals surface area (Å²) in [7, 11) is 0. The topological polar surface area (TPSA) is 12.5 Å². The molecule has 14 heavy (non-hydrogen) atoms. The second kappa shape index (κ2) is 9.47. The molecule has 0 spiro atoms. The highest BCUT2D eigenvalue weighted by atomic mass is 16.5. The van der Waals surface area contributed by atoms with Crippen LogP contribution in [0, 0.1) is 0 Å². The molecule has 0 saturated carbocycles. The van der Waals surface area contributed by atoms with Crippen molar-refractivity contribution in [3.63, 3.8) is 0 Å². The van der Waals surface area contributed by atoms with Crippen LogP contribution in [0.25, 0.3) is 0 Å². The van der Waals surface area contributed by atoms with E-state index in [2.05, 4.69) is 32.6 Å². The highest BCUT2D eigenvalue weighted by Gasteiger charge is 2.14. The molecule has 0 amide bonds. The second-order valence-electron chi connectivity index (χ2n) is 3.69. The Morgan fingerprint density at radius 3 is 2.07 bits per heavy atom. The zero-order valence-corrected chi connectivity index (χ0v) is 10.4. The molecule has 1 atom stereocenters. The summed E-state index contributed by atoms with van der Waals surface area (Å²) in [5.74, 6) is 0. The zero-order chi connectivity index (χ0) is 10.8. The maximum absolute atomic E-state index is 5.89. The van der Waals surface area contributed by atoms with Crippen LogP contribution in [0.2, 0.25) is 0 Å². The van der Waals surface area contributed by atoms with Crippen molar-refractivity contribution in [1.82, 2.24) is 4.90 Å². The van der Waals surface area contributed by atoms with Crippen molar-refractivity contribution in [1.29, 1.82) is 0 Å². The molecule has 0 rings (SSSR count). The first-order valence-corrected chi connectivity index (χ1v) is 6.15. The molecule has 0 bridgehead atoms. The molecular weight excluding hydrogens is 174 g/mol. The highest BCUT2D eigenvalue weighted by molar-refractivity contribution is 4.59. The third-order valence-electron chi connectivity index (χ3n) is 2.56. The largest absolute Gasteiger partial charge is 0.363 e. The first-order valence-electron chi connectivity index (χ1n) is 6.15. The molecular formula is C12H27NO. The smallest absolute Gasteiger partial charge is 0.110 e. The first kappa shape index (κ1) is 13.9. The lowest BCUT2D eigenvalue weighted by atomic mass is 10.2. The van der Waals surface area contributed by atoms with Crippen LogP contribution in [-0.4, -0.2) is 30.8 Å². The number of ether oxygens (including phenoxy) is 1. The summed E-state index contributed by atoms with van der Waals surface area (Å²) in [6, 6.07) is 0. The van der Waals surface area contributed by atoms with E-state index in [1.165, 1.54) is 19.3 Å². The molecule has 0 aromatic rings. The van der Waals surface area contributed by atoms with Crippen LogP contribution in [0.4, 0.5) is 0 Å². The van der Waals surface area contributed by atoms with E-state index in [0.717, 1.165) is 26.1 Å². The summed E-state index contributed by atoms with van der Waals surface area (Å²) in [5, 5.41) is 0. The summed E-state index contributed by atoms with van der Waals surface area (Å²) in [5.41, 5.74) is 0. The van der Waals surface area contributed by atoms with Gasteiger partial charge in [-0.05, 0) is 25.9 Å². The van der Waals surface area contributed by atoms with E-state index >= 15 is 0 Å². The van der Waals surface area contributed by atoms with E-state index in [9.17, 15) is 0 Å². The van der Waals surface area contributed by atoms with Crippen molar-refractivity contribution in [2.75, 3.05) is 19.7 Å². The van der Waals surface area contributed by atoms with Crippen molar-refractivity contribution in [3.05, 3.63) is 0 Å². The van der Waals surface area contributed by atoms with Crippen molar-refractivity contribution in [2.24, 2.45) is 0 Å². The standard InChI is InChI=1S/C12H27NO/c1-5-9-11-14-12(10-6-2)13(7-3)8-4/h12H,5-11H2,1-4H3. The minimum absolute atomic E-state index is 0.349. The third kappa shape index (κ3) is 5.61. The molecule has 0 heterocycles. The summed E-state index contributed by atoms with van der Waals surface area (Å²) < 4.78 is 5.89. The minimum atomic E-state index is 0.349. The summed E-state index contributed by atoms with van der Waals surface area (Å²) in [6.07, 6.45) is 5.11. The van der Waals surface area contributed by atoms with Gasteiger partial charge in [0.1, 0.15) is 6.23 Å². The van der Waals surface area contributed by atoms with E-state index in [1.54, 1.807) is 0 Å². The van der Waals surface area contributed by atoms with Crippen LogP contribution in [0.5, 0.6) is 0 Å². The first-order chi connectivity index (χ1) is 6.79. The van der Waals surface area contributed by atoms with Crippen LogP contribution < -0.4 is 0 Å². The molecule has 2 heteroatoms. The molecule has 0 fully saturated rings. The Balaban J connectivity index is 3.85. The van der Waals surface area contributed by atoms with Gasteiger partial charge in [0.25, 0.3) is 0 Å². The van der Waals surface area contributed by atoms with Crippen LogP contribution in [0.1, 0.15) is 53.4 Å². The van der Waals surface area contributed by atoms with E-state index in [1.807, 2.05) is 0 Å². The number of hydrogen-bond donors (Lipinski definition) is 0. The molecule has 1 unspecified atom stereocenters. The molecule has 0 radical (unpaired) electrons. The Morgan fingerprint density at radius 2 is 1.64 bits per heavy atom. The quantitative estimate of drug-likeness (QED) is 0.419. The fourth-order valence-corrected chi connectivity index (χ4v) is 1.61. The fraction of sp³-hybridized carbons (Fsp3) is 1.00. The Hall–Kier alpha value is -0.0800. The highest BCUT2D eigenvalue weighted by Crippen LogP contribution is 2.09. The molecule has 0 aromatic carbocycles. The van der Waals surface area contributed by atoms with E-state index < -0.39 is 0 Å². The van der Waals surface area contributed by atoms with Gasteiger partial charge in [0, 0.05) is 6.61 Å². The van der Waals surface area contributed by atoms with Crippen LogP contribution in [-0.2, 0) is 4.74 Å². The molecule has 86 valence electrons.